The fraction of sp³-hybridized carbons (Fsp3) is 1.00. The second-order valence-electron chi connectivity index (χ2n) is 4.01. The topological polar surface area (TPSA) is 86.9 Å². The van der Waals surface area contributed by atoms with E-state index < -0.39 is 0 Å². The molecule has 0 bridgehead atoms. The minimum absolute atomic E-state index is 0. The molecule has 0 spiro atoms. The Morgan fingerprint density at radius 2 is 0.522 bits per heavy atom. The van der Waals surface area contributed by atoms with Crippen molar-refractivity contribution in [1.82, 2.24) is 0 Å². The zero-order chi connectivity index (χ0) is 16.7. The first kappa shape index (κ1) is 27.6. The van der Waals surface area contributed by atoms with Crippen molar-refractivity contribution in [1.29, 1.82) is 0 Å². The van der Waals surface area contributed by atoms with Gasteiger partial charge in [-0.3, -0.25) is 0 Å². The summed E-state index contributed by atoms with van der Waals surface area (Å²) in [5.74, 6) is 0. The first-order valence-corrected chi connectivity index (χ1v) is 8.29. The summed E-state index contributed by atoms with van der Waals surface area (Å²) in [6.45, 7) is 16.3. The van der Waals surface area contributed by atoms with Crippen molar-refractivity contribution in [2.45, 2.75) is 27.7 Å². The summed E-state index contributed by atoms with van der Waals surface area (Å²) in [5, 5.41) is 0. The molecule has 0 aromatic heterocycles. The van der Waals surface area contributed by atoms with Crippen LogP contribution in [0.15, 0.2) is 0 Å². The minimum Gasteiger partial charge on any atom is -0.412 e. The highest BCUT2D eigenvalue weighted by Gasteiger charge is 1.88. The monoisotopic (exact) mass is 342 g/mol. The summed E-state index contributed by atoms with van der Waals surface area (Å²) >= 11 is 0. The highest BCUT2D eigenvalue weighted by atomic mass is 16.5. The number of hydrogen-bond acceptors (Lipinski definition) is 6. The molecule has 0 saturated heterocycles. The molecule has 0 radical (unpaired) electrons. The summed E-state index contributed by atoms with van der Waals surface area (Å²) in [6.07, 6.45) is 0. The van der Waals surface area contributed by atoms with E-state index >= 15 is 0 Å². The minimum atomic E-state index is 0. The van der Waals surface area contributed by atoms with Crippen molar-refractivity contribution in [2.24, 2.45) is 0 Å². The third-order valence-electron chi connectivity index (χ3n) is 2.30. The Bertz CT molecular complexity index is 137. The van der Waals surface area contributed by atoms with Gasteiger partial charge in [-0.1, -0.05) is 0 Å². The molecular formula is C16H38O7. The Morgan fingerprint density at radius 1 is 0.348 bits per heavy atom. The van der Waals surface area contributed by atoms with Gasteiger partial charge in [0.15, 0.2) is 0 Å². The predicted molar refractivity (Wildman–Crippen MR) is 91.2 cm³/mol. The summed E-state index contributed by atoms with van der Waals surface area (Å²) < 4.78 is 30.7. The smallest absolute Gasteiger partial charge is 0.0701 e. The Labute approximate surface area is 141 Å². The van der Waals surface area contributed by atoms with E-state index in [2.05, 4.69) is 0 Å². The molecule has 0 aromatic rings. The van der Waals surface area contributed by atoms with Gasteiger partial charge in [-0.05, 0) is 27.7 Å². The van der Waals surface area contributed by atoms with Crippen molar-refractivity contribution in [2.75, 3.05) is 79.3 Å². The second-order valence-corrected chi connectivity index (χ2v) is 4.01. The lowest BCUT2D eigenvalue weighted by molar-refractivity contribution is 0.0195. The fourth-order valence-corrected chi connectivity index (χ4v) is 1.25. The van der Waals surface area contributed by atoms with Gasteiger partial charge < -0.3 is 33.9 Å². The van der Waals surface area contributed by atoms with Crippen LogP contribution >= 0.6 is 0 Å². The van der Waals surface area contributed by atoms with E-state index in [-0.39, 0.29) is 5.48 Å². The third kappa shape index (κ3) is 34.2. The summed E-state index contributed by atoms with van der Waals surface area (Å²) in [7, 11) is 0. The van der Waals surface area contributed by atoms with E-state index in [9.17, 15) is 0 Å². The average molecular weight is 342 g/mol. The SMILES string of the molecule is CCOCCOCCOCC.CCOCCOCCOCC.O. The van der Waals surface area contributed by atoms with Gasteiger partial charge in [0, 0.05) is 26.4 Å². The van der Waals surface area contributed by atoms with E-state index in [0.717, 1.165) is 26.4 Å². The second kappa shape index (κ2) is 29.7. The lowest BCUT2D eigenvalue weighted by Gasteiger charge is -2.03. The maximum atomic E-state index is 5.19. The summed E-state index contributed by atoms with van der Waals surface area (Å²) in [4.78, 5) is 0. The largest absolute Gasteiger partial charge is 0.412 e. The van der Waals surface area contributed by atoms with Crippen molar-refractivity contribution in [3.63, 3.8) is 0 Å². The molecule has 0 heterocycles. The quantitative estimate of drug-likeness (QED) is 0.393. The average Bonchev–Trinajstić information content (AvgIpc) is 2.54. The van der Waals surface area contributed by atoms with Crippen molar-refractivity contribution >= 4 is 0 Å². The van der Waals surface area contributed by atoms with Crippen LogP contribution in [-0.2, 0) is 28.4 Å². The molecule has 0 aliphatic heterocycles. The zero-order valence-corrected chi connectivity index (χ0v) is 15.4. The Balaban J connectivity index is -0.000000333. The van der Waals surface area contributed by atoms with Gasteiger partial charge in [0.1, 0.15) is 0 Å². The van der Waals surface area contributed by atoms with Gasteiger partial charge in [-0.2, -0.15) is 0 Å². The molecule has 0 aliphatic rings. The van der Waals surface area contributed by atoms with E-state index in [1.54, 1.807) is 0 Å². The van der Waals surface area contributed by atoms with E-state index in [1.165, 1.54) is 0 Å². The molecule has 0 fully saturated rings. The van der Waals surface area contributed by atoms with Crippen molar-refractivity contribution < 1.29 is 33.9 Å². The fourth-order valence-electron chi connectivity index (χ4n) is 1.25. The first-order valence-electron chi connectivity index (χ1n) is 8.29. The van der Waals surface area contributed by atoms with Crippen LogP contribution in [0.2, 0.25) is 0 Å². The van der Waals surface area contributed by atoms with Gasteiger partial charge in [-0.15, -0.1) is 0 Å². The molecule has 0 aliphatic carbocycles. The molecule has 0 rings (SSSR count). The van der Waals surface area contributed by atoms with E-state index in [1.807, 2.05) is 27.7 Å². The molecule has 23 heavy (non-hydrogen) atoms. The molecule has 7 heteroatoms. The first-order chi connectivity index (χ1) is 10.8. The molecule has 0 unspecified atom stereocenters. The van der Waals surface area contributed by atoms with Crippen LogP contribution in [0.1, 0.15) is 27.7 Å². The van der Waals surface area contributed by atoms with Gasteiger partial charge in [0.25, 0.3) is 0 Å². The van der Waals surface area contributed by atoms with Crippen LogP contribution in [0.5, 0.6) is 0 Å². The lowest BCUT2D eigenvalue weighted by Crippen LogP contribution is -2.08. The Kier molecular flexibility index (Phi) is 35.6. The molecule has 0 amide bonds. The van der Waals surface area contributed by atoms with E-state index in [0.29, 0.717) is 52.9 Å². The maximum Gasteiger partial charge on any atom is 0.0701 e. The van der Waals surface area contributed by atoms with Crippen molar-refractivity contribution in [3.8, 4) is 0 Å². The summed E-state index contributed by atoms with van der Waals surface area (Å²) in [5.41, 5.74) is 0. The Hall–Kier alpha value is -0.280. The maximum absolute atomic E-state index is 5.19. The predicted octanol–water partition coefficient (Wildman–Crippen LogP) is 1.33. The van der Waals surface area contributed by atoms with E-state index in [4.69, 9.17) is 28.4 Å². The van der Waals surface area contributed by atoms with Gasteiger partial charge in [0.2, 0.25) is 0 Å². The van der Waals surface area contributed by atoms with Gasteiger partial charge in [-0.25, -0.2) is 0 Å². The molecule has 0 aromatic carbocycles. The molecular weight excluding hydrogens is 304 g/mol. The van der Waals surface area contributed by atoms with Crippen LogP contribution in [-0.4, -0.2) is 84.8 Å². The van der Waals surface area contributed by atoms with Gasteiger partial charge in [0.05, 0.1) is 52.9 Å². The highest BCUT2D eigenvalue weighted by molar-refractivity contribution is 4.31. The van der Waals surface area contributed by atoms with Crippen LogP contribution < -0.4 is 0 Å². The number of hydrogen-bond donors (Lipinski definition) is 0. The number of ether oxygens (including phenoxy) is 6. The molecule has 0 saturated carbocycles. The van der Waals surface area contributed by atoms with Crippen LogP contribution in [0.4, 0.5) is 0 Å². The van der Waals surface area contributed by atoms with Crippen LogP contribution in [0, 0.1) is 0 Å². The van der Waals surface area contributed by atoms with Gasteiger partial charge >= 0.3 is 0 Å². The lowest BCUT2D eigenvalue weighted by atomic mass is 10.7. The van der Waals surface area contributed by atoms with Crippen LogP contribution in [0.3, 0.4) is 0 Å². The zero-order valence-electron chi connectivity index (χ0n) is 15.4. The third-order valence-corrected chi connectivity index (χ3v) is 2.30. The summed E-state index contributed by atoms with van der Waals surface area (Å²) in [6, 6.07) is 0. The molecule has 144 valence electrons. The highest BCUT2D eigenvalue weighted by Crippen LogP contribution is 1.80. The normalized spacial score (nSPS) is 9.91. The molecule has 7 nitrogen and oxygen atoms in total. The van der Waals surface area contributed by atoms with Crippen LogP contribution in [0.25, 0.3) is 0 Å². The van der Waals surface area contributed by atoms with Crippen molar-refractivity contribution in [3.05, 3.63) is 0 Å². The molecule has 0 atom stereocenters. The standard InChI is InChI=1S/2C8H18O3.H2O/c2*1-3-9-5-7-11-8-6-10-4-2;/h2*3-8H2,1-2H3;1H2. The number of rotatable bonds is 16. The molecule has 2 N–H and O–H groups in total. The Morgan fingerprint density at radius 3 is 0.696 bits per heavy atom.